The summed E-state index contributed by atoms with van der Waals surface area (Å²) in [6, 6.07) is 0. The fraction of sp³-hybridized carbons (Fsp3) is 0.929. The molecule has 1 heterocycles. The summed E-state index contributed by atoms with van der Waals surface area (Å²) in [6.45, 7) is 3.23. The smallest absolute Gasteiger partial charge is 0.191 e. The van der Waals surface area contributed by atoms with E-state index in [0.717, 1.165) is 31.5 Å². The van der Waals surface area contributed by atoms with E-state index in [9.17, 15) is 0 Å². The molecule has 3 fully saturated rings. The maximum absolute atomic E-state index is 6.13. The van der Waals surface area contributed by atoms with Crippen molar-refractivity contribution in [3.63, 3.8) is 0 Å². The van der Waals surface area contributed by atoms with Gasteiger partial charge in [-0.25, -0.2) is 0 Å². The summed E-state index contributed by atoms with van der Waals surface area (Å²) in [5.41, 5.74) is 6.70. The molecule has 3 nitrogen and oxygen atoms in total. The molecule has 3 aliphatic rings. The van der Waals surface area contributed by atoms with E-state index in [0.29, 0.717) is 5.41 Å². The first-order valence-corrected chi connectivity index (χ1v) is 7.35. The van der Waals surface area contributed by atoms with Crippen LogP contribution >= 0.6 is 24.0 Å². The van der Waals surface area contributed by atoms with Crippen molar-refractivity contribution in [2.45, 2.75) is 51.4 Å². The first-order chi connectivity index (χ1) is 8.30. The molecule has 0 radical (unpaired) electrons. The molecule has 2 saturated carbocycles. The van der Waals surface area contributed by atoms with Crippen molar-refractivity contribution in [2.75, 3.05) is 19.6 Å². The molecule has 104 valence electrons. The lowest BCUT2D eigenvalue weighted by atomic mass is 9.65. The Morgan fingerprint density at radius 3 is 2.28 bits per heavy atom. The number of likely N-dealkylation sites (tertiary alicyclic amines) is 1. The Balaban J connectivity index is 0.00000120. The highest BCUT2D eigenvalue weighted by molar-refractivity contribution is 14.0. The summed E-state index contributed by atoms with van der Waals surface area (Å²) in [6.07, 6.45) is 11.0. The highest BCUT2D eigenvalue weighted by Crippen LogP contribution is 2.57. The minimum Gasteiger partial charge on any atom is -0.370 e. The Morgan fingerprint density at radius 1 is 1.11 bits per heavy atom. The van der Waals surface area contributed by atoms with Gasteiger partial charge in [0, 0.05) is 19.6 Å². The molecule has 2 aliphatic carbocycles. The van der Waals surface area contributed by atoms with Gasteiger partial charge in [-0.05, 0) is 56.3 Å². The van der Waals surface area contributed by atoms with Crippen molar-refractivity contribution >= 4 is 29.9 Å². The molecule has 4 heteroatoms. The predicted octanol–water partition coefficient (Wildman–Crippen LogP) is 2.99. The summed E-state index contributed by atoms with van der Waals surface area (Å²) >= 11 is 0. The second-order valence-electron chi connectivity index (χ2n) is 6.21. The molecule has 0 spiro atoms. The Bertz CT molecular complexity index is 302. The van der Waals surface area contributed by atoms with Gasteiger partial charge >= 0.3 is 0 Å². The Kier molecular flexibility index (Phi) is 4.78. The van der Waals surface area contributed by atoms with Crippen molar-refractivity contribution < 1.29 is 0 Å². The number of nitrogens with zero attached hydrogens (tertiary/aromatic N) is 2. The van der Waals surface area contributed by atoms with Crippen LogP contribution in [0.5, 0.6) is 0 Å². The highest BCUT2D eigenvalue weighted by atomic mass is 127. The molecule has 0 amide bonds. The van der Waals surface area contributed by atoms with Crippen LogP contribution in [0.15, 0.2) is 4.99 Å². The Hall–Kier alpha value is 0. The van der Waals surface area contributed by atoms with E-state index in [1.165, 1.54) is 51.4 Å². The van der Waals surface area contributed by atoms with E-state index in [1.54, 1.807) is 0 Å². The molecule has 0 unspecified atom stereocenters. The third-order valence-electron chi connectivity index (χ3n) is 5.03. The van der Waals surface area contributed by atoms with Crippen LogP contribution in [0.4, 0.5) is 0 Å². The molecule has 0 atom stereocenters. The number of hydrogen-bond donors (Lipinski definition) is 1. The second-order valence-corrected chi connectivity index (χ2v) is 6.21. The van der Waals surface area contributed by atoms with Crippen LogP contribution in [-0.2, 0) is 0 Å². The van der Waals surface area contributed by atoms with Gasteiger partial charge in [0.15, 0.2) is 5.96 Å². The minimum absolute atomic E-state index is 0. The summed E-state index contributed by atoms with van der Waals surface area (Å²) < 4.78 is 0. The molecule has 0 aromatic heterocycles. The number of hydrogen-bond acceptors (Lipinski definition) is 1. The van der Waals surface area contributed by atoms with Crippen molar-refractivity contribution in [1.29, 1.82) is 0 Å². The Morgan fingerprint density at radius 2 is 1.78 bits per heavy atom. The summed E-state index contributed by atoms with van der Waals surface area (Å²) in [5.74, 6) is 1.80. The van der Waals surface area contributed by atoms with Crippen molar-refractivity contribution in [1.82, 2.24) is 4.90 Å². The van der Waals surface area contributed by atoms with E-state index in [1.807, 2.05) is 0 Å². The van der Waals surface area contributed by atoms with Crippen molar-refractivity contribution in [3.8, 4) is 0 Å². The van der Waals surface area contributed by atoms with Gasteiger partial charge in [0.1, 0.15) is 0 Å². The van der Waals surface area contributed by atoms with E-state index < -0.39 is 0 Å². The van der Waals surface area contributed by atoms with Gasteiger partial charge in [-0.1, -0.05) is 6.42 Å². The van der Waals surface area contributed by atoms with Crippen LogP contribution in [0.25, 0.3) is 0 Å². The first kappa shape index (κ1) is 14.4. The van der Waals surface area contributed by atoms with Gasteiger partial charge < -0.3 is 10.6 Å². The number of halogens is 1. The quantitative estimate of drug-likeness (QED) is 0.476. The summed E-state index contributed by atoms with van der Waals surface area (Å²) in [7, 11) is 0. The third kappa shape index (κ3) is 2.94. The van der Waals surface area contributed by atoms with Gasteiger partial charge in [-0.2, -0.15) is 0 Å². The normalized spacial score (nSPS) is 27.3. The lowest BCUT2D eigenvalue weighted by Gasteiger charge is -2.41. The second kappa shape index (κ2) is 5.97. The van der Waals surface area contributed by atoms with Crippen LogP contribution in [0.2, 0.25) is 0 Å². The van der Waals surface area contributed by atoms with E-state index in [-0.39, 0.29) is 24.0 Å². The maximum Gasteiger partial charge on any atom is 0.191 e. The standard InChI is InChI=1S/C14H25N3.HI/c15-13(17-9-2-1-3-10-17)16-11-14(7-4-8-14)12-5-6-12;/h12H,1-11H2,(H2,15,16);1H. The lowest BCUT2D eigenvalue weighted by Crippen LogP contribution is -2.42. The summed E-state index contributed by atoms with van der Waals surface area (Å²) in [4.78, 5) is 7.00. The highest BCUT2D eigenvalue weighted by Gasteiger charge is 2.48. The van der Waals surface area contributed by atoms with Crippen LogP contribution < -0.4 is 5.73 Å². The average Bonchev–Trinajstić information content (AvgIpc) is 3.13. The van der Waals surface area contributed by atoms with Crippen molar-refractivity contribution in [3.05, 3.63) is 0 Å². The largest absolute Gasteiger partial charge is 0.370 e. The topological polar surface area (TPSA) is 41.6 Å². The Labute approximate surface area is 128 Å². The zero-order chi connectivity index (χ0) is 11.7. The van der Waals surface area contributed by atoms with Gasteiger partial charge in [-0.15, -0.1) is 24.0 Å². The zero-order valence-electron chi connectivity index (χ0n) is 11.2. The maximum atomic E-state index is 6.13. The fourth-order valence-electron chi connectivity index (χ4n) is 3.48. The number of nitrogens with two attached hydrogens (primary N) is 1. The third-order valence-corrected chi connectivity index (χ3v) is 5.03. The van der Waals surface area contributed by atoms with E-state index in [2.05, 4.69) is 4.90 Å². The molecule has 18 heavy (non-hydrogen) atoms. The average molecular weight is 363 g/mol. The van der Waals surface area contributed by atoms with Crippen LogP contribution in [0.3, 0.4) is 0 Å². The molecule has 0 bridgehead atoms. The molecule has 0 aromatic carbocycles. The predicted molar refractivity (Wildman–Crippen MR) is 86.3 cm³/mol. The van der Waals surface area contributed by atoms with E-state index in [4.69, 9.17) is 10.7 Å². The van der Waals surface area contributed by atoms with Crippen LogP contribution in [-0.4, -0.2) is 30.5 Å². The fourth-order valence-corrected chi connectivity index (χ4v) is 3.48. The molecule has 0 aromatic rings. The molecule has 1 saturated heterocycles. The number of aliphatic imine (C=N–C) groups is 1. The van der Waals surface area contributed by atoms with Gasteiger partial charge in [0.2, 0.25) is 0 Å². The minimum atomic E-state index is 0. The number of guanidine groups is 1. The molecule has 3 rings (SSSR count). The zero-order valence-corrected chi connectivity index (χ0v) is 13.6. The SMILES string of the molecule is I.NC(=NCC1(C2CC2)CCC1)N1CCCCC1. The summed E-state index contributed by atoms with van der Waals surface area (Å²) in [5, 5.41) is 0. The molecule has 1 aliphatic heterocycles. The molecular formula is C14H26IN3. The molecule has 2 N–H and O–H groups in total. The van der Waals surface area contributed by atoms with E-state index >= 15 is 0 Å². The van der Waals surface area contributed by atoms with Gasteiger partial charge in [0.05, 0.1) is 0 Å². The van der Waals surface area contributed by atoms with Gasteiger partial charge in [-0.3, -0.25) is 4.99 Å². The first-order valence-electron chi connectivity index (χ1n) is 7.35. The number of piperidine rings is 1. The monoisotopic (exact) mass is 363 g/mol. The van der Waals surface area contributed by atoms with Gasteiger partial charge in [0.25, 0.3) is 0 Å². The molecular weight excluding hydrogens is 337 g/mol. The van der Waals surface area contributed by atoms with Crippen LogP contribution in [0, 0.1) is 11.3 Å². The van der Waals surface area contributed by atoms with Crippen LogP contribution in [0.1, 0.15) is 51.4 Å². The lowest BCUT2D eigenvalue weighted by molar-refractivity contribution is 0.112. The van der Waals surface area contributed by atoms with Crippen molar-refractivity contribution in [2.24, 2.45) is 22.1 Å². The number of rotatable bonds is 3.